The summed E-state index contributed by atoms with van der Waals surface area (Å²) in [5.41, 5.74) is 2.90. The van der Waals surface area contributed by atoms with Crippen molar-refractivity contribution in [1.82, 2.24) is 9.71 Å². The fourth-order valence-corrected chi connectivity index (χ4v) is 3.21. The molecule has 2 aromatic rings. The molecule has 1 heterocycles. The molecule has 4 nitrogen and oxygen atoms in total. The van der Waals surface area contributed by atoms with Crippen LogP contribution in [0, 0.1) is 0 Å². The molecule has 0 fully saturated rings. The van der Waals surface area contributed by atoms with Gasteiger partial charge in [0.1, 0.15) is 4.75 Å². The van der Waals surface area contributed by atoms with Crippen LogP contribution in [0.1, 0.15) is 46.2 Å². The minimum Gasteiger partial charge on any atom is -0.598 e. The Balaban J connectivity index is 2.21. The fourth-order valence-electron chi connectivity index (χ4n) is 2.24. The summed E-state index contributed by atoms with van der Waals surface area (Å²) in [6.45, 7) is 10.3. The van der Waals surface area contributed by atoms with Gasteiger partial charge in [-0.25, -0.2) is 4.98 Å². The average Bonchev–Trinajstić information content (AvgIpc) is 2.56. The molecule has 0 saturated carbocycles. The Morgan fingerprint density at radius 2 is 1.92 bits per heavy atom. The molecule has 0 radical (unpaired) electrons. The highest BCUT2D eigenvalue weighted by atomic mass is 35.5. The molecule has 2 atom stereocenters. The van der Waals surface area contributed by atoms with Crippen LogP contribution in [0.3, 0.4) is 0 Å². The summed E-state index contributed by atoms with van der Waals surface area (Å²) in [5, 5.41) is 0.568. The number of aromatic nitrogens is 1. The van der Waals surface area contributed by atoms with E-state index in [1.165, 1.54) is 0 Å². The summed E-state index contributed by atoms with van der Waals surface area (Å²) >= 11 is 4.97. The molecule has 136 valence electrons. The van der Waals surface area contributed by atoms with Crippen LogP contribution in [0.15, 0.2) is 36.5 Å². The first kappa shape index (κ1) is 20.0. The number of pyridine rings is 1. The molecule has 6 heteroatoms. The predicted octanol–water partition coefficient (Wildman–Crippen LogP) is 4.91. The molecule has 25 heavy (non-hydrogen) atoms. The van der Waals surface area contributed by atoms with E-state index in [9.17, 15) is 4.55 Å². The Morgan fingerprint density at radius 1 is 1.28 bits per heavy atom. The van der Waals surface area contributed by atoms with Gasteiger partial charge in [0.05, 0.1) is 17.7 Å². The SMILES string of the molecule is CCOc1ncc(Cl)cc1-c1ccc([C@@H](C)N[S+]([O-])C(C)(C)C)cc1. The number of rotatable bonds is 6. The molecule has 0 saturated heterocycles. The standard InChI is InChI=1S/C19H25ClN2O2S/c1-6-24-18-17(11-16(20)12-21-18)15-9-7-14(8-10-15)13(2)22-25(23)19(3,4)5/h7-13,22H,6H2,1-5H3/t13-,25?/m1/s1. The van der Waals surface area contributed by atoms with Crippen LogP contribution in [0.25, 0.3) is 11.1 Å². The summed E-state index contributed by atoms with van der Waals surface area (Å²) in [6, 6.07) is 9.88. The van der Waals surface area contributed by atoms with E-state index in [4.69, 9.17) is 16.3 Å². The van der Waals surface area contributed by atoms with Gasteiger partial charge in [0.25, 0.3) is 0 Å². The van der Waals surface area contributed by atoms with Crippen molar-refractivity contribution in [3.8, 4) is 17.0 Å². The molecule has 1 unspecified atom stereocenters. The van der Waals surface area contributed by atoms with E-state index in [1.807, 2.05) is 65.0 Å². The average molecular weight is 381 g/mol. The summed E-state index contributed by atoms with van der Waals surface area (Å²) < 4.78 is 20.7. The van der Waals surface area contributed by atoms with E-state index in [2.05, 4.69) is 9.71 Å². The number of ether oxygens (including phenoxy) is 1. The van der Waals surface area contributed by atoms with Gasteiger partial charge >= 0.3 is 0 Å². The summed E-state index contributed by atoms with van der Waals surface area (Å²) in [4.78, 5) is 4.26. The topological polar surface area (TPSA) is 57.2 Å². The summed E-state index contributed by atoms with van der Waals surface area (Å²) in [7, 11) is 0. The Bertz CT molecular complexity index is 702. The molecule has 1 aromatic carbocycles. The minimum atomic E-state index is -1.12. The van der Waals surface area contributed by atoms with Gasteiger partial charge in [-0.2, -0.15) is 0 Å². The van der Waals surface area contributed by atoms with Crippen LogP contribution in [0.5, 0.6) is 5.88 Å². The van der Waals surface area contributed by atoms with E-state index >= 15 is 0 Å². The van der Waals surface area contributed by atoms with Crippen LogP contribution < -0.4 is 9.46 Å². The second-order valence-electron chi connectivity index (χ2n) is 6.78. The fraction of sp³-hybridized carbons (Fsp3) is 0.421. The van der Waals surface area contributed by atoms with Gasteiger partial charge in [-0.1, -0.05) is 35.9 Å². The van der Waals surface area contributed by atoms with Gasteiger partial charge < -0.3 is 9.29 Å². The van der Waals surface area contributed by atoms with E-state index in [0.717, 1.165) is 16.7 Å². The van der Waals surface area contributed by atoms with E-state index in [0.29, 0.717) is 17.5 Å². The summed E-state index contributed by atoms with van der Waals surface area (Å²) in [6.07, 6.45) is 1.58. The Kier molecular flexibility index (Phi) is 6.74. The number of hydrogen-bond acceptors (Lipinski definition) is 4. The molecule has 0 spiro atoms. The Hall–Kier alpha value is -1.27. The quantitative estimate of drug-likeness (QED) is 0.723. The van der Waals surface area contributed by atoms with Gasteiger partial charge in [-0.15, -0.1) is 4.72 Å². The monoisotopic (exact) mass is 380 g/mol. The molecule has 1 N–H and O–H groups in total. The molecule has 0 aliphatic rings. The lowest BCUT2D eigenvalue weighted by Gasteiger charge is -2.26. The highest BCUT2D eigenvalue weighted by molar-refractivity contribution is 7.90. The van der Waals surface area contributed by atoms with Crippen LogP contribution in [-0.2, 0) is 11.4 Å². The first-order valence-corrected chi connectivity index (χ1v) is 9.82. The Morgan fingerprint density at radius 3 is 2.48 bits per heavy atom. The molecule has 0 aliphatic carbocycles. The number of halogens is 1. The van der Waals surface area contributed by atoms with Crippen LogP contribution in [0.2, 0.25) is 5.02 Å². The smallest absolute Gasteiger partial charge is 0.221 e. The van der Waals surface area contributed by atoms with E-state index in [-0.39, 0.29) is 10.8 Å². The highest BCUT2D eigenvalue weighted by Crippen LogP contribution is 2.31. The number of hydrogen-bond donors (Lipinski definition) is 1. The van der Waals surface area contributed by atoms with Gasteiger partial charge in [-0.05, 0) is 51.8 Å². The molecule has 0 bridgehead atoms. The molecular formula is C19H25ClN2O2S. The van der Waals surface area contributed by atoms with Crippen molar-refractivity contribution in [2.75, 3.05) is 6.61 Å². The predicted molar refractivity (Wildman–Crippen MR) is 105 cm³/mol. The van der Waals surface area contributed by atoms with Crippen molar-refractivity contribution in [3.63, 3.8) is 0 Å². The minimum absolute atomic E-state index is 0.0158. The van der Waals surface area contributed by atoms with Gasteiger partial charge in [0, 0.05) is 23.1 Å². The lowest BCUT2D eigenvalue weighted by atomic mass is 10.0. The van der Waals surface area contributed by atoms with Crippen LogP contribution in [0.4, 0.5) is 0 Å². The summed E-state index contributed by atoms with van der Waals surface area (Å²) in [5.74, 6) is 0.569. The maximum Gasteiger partial charge on any atom is 0.221 e. The third-order valence-electron chi connectivity index (χ3n) is 3.66. The van der Waals surface area contributed by atoms with Gasteiger partial charge in [0.15, 0.2) is 0 Å². The maximum absolute atomic E-state index is 12.3. The lowest BCUT2D eigenvalue weighted by molar-refractivity contribution is 0.328. The first-order valence-electron chi connectivity index (χ1n) is 8.29. The van der Waals surface area contributed by atoms with Crippen LogP contribution >= 0.6 is 11.6 Å². The van der Waals surface area contributed by atoms with Crippen molar-refractivity contribution in [3.05, 3.63) is 47.1 Å². The largest absolute Gasteiger partial charge is 0.598 e. The molecule has 0 aliphatic heterocycles. The van der Waals surface area contributed by atoms with Crippen LogP contribution in [-0.4, -0.2) is 20.9 Å². The third-order valence-corrected chi connectivity index (χ3v) is 5.55. The highest BCUT2D eigenvalue weighted by Gasteiger charge is 2.28. The van der Waals surface area contributed by atoms with E-state index < -0.39 is 11.4 Å². The zero-order chi connectivity index (χ0) is 18.6. The zero-order valence-corrected chi connectivity index (χ0v) is 16.9. The maximum atomic E-state index is 12.3. The Labute approximate surface area is 158 Å². The van der Waals surface area contributed by atoms with Gasteiger partial charge in [0.2, 0.25) is 5.88 Å². The first-order chi connectivity index (χ1) is 11.7. The molecule has 0 amide bonds. The van der Waals surface area contributed by atoms with Crippen molar-refractivity contribution >= 4 is 23.0 Å². The second kappa shape index (κ2) is 8.41. The second-order valence-corrected chi connectivity index (χ2v) is 9.22. The molecule has 2 rings (SSSR count). The molecular weight excluding hydrogens is 356 g/mol. The van der Waals surface area contributed by atoms with E-state index in [1.54, 1.807) is 6.20 Å². The number of benzene rings is 1. The number of nitrogens with zero attached hydrogens (tertiary/aromatic N) is 1. The normalized spacial score (nSPS) is 14.2. The van der Waals surface area contributed by atoms with Gasteiger partial charge in [-0.3, -0.25) is 0 Å². The molecule has 1 aromatic heterocycles. The zero-order valence-electron chi connectivity index (χ0n) is 15.3. The van der Waals surface area contributed by atoms with Crippen molar-refractivity contribution in [2.45, 2.75) is 45.4 Å². The van der Waals surface area contributed by atoms with Crippen molar-refractivity contribution in [1.29, 1.82) is 0 Å². The van der Waals surface area contributed by atoms with Crippen molar-refractivity contribution in [2.24, 2.45) is 0 Å². The third kappa shape index (κ3) is 5.35. The number of nitrogens with one attached hydrogen (secondary N) is 1. The van der Waals surface area contributed by atoms with Crippen molar-refractivity contribution < 1.29 is 9.29 Å². The lowest BCUT2D eigenvalue weighted by Crippen LogP contribution is -2.40.